The van der Waals surface area contributed by atoms with Gasteiger partial charge in [0.15, 0.2) is 0 Å². The Labute approximate surface area is 226 Å². The molecule has 2 aromatic carbocycles. The largest absolute Gasteiger partial charge is 0.385 e. The minimum atomic E-state index is -0.145. The van der Waals surface area contributed by atoms with Crippen LogP contribution in [-0.2, 0) is 22.5 Å². The molecule has 1 heterocycles. The fourth-order valence-corrected chi connectivity index (χ4v) is 5.23. The number of nitrogens with zero attached hydrogens (tertiary/aromatic N) is 2. The van der Waals surface area contributed by atoms with Crippen molar-refractivity contribution in [2.45, 2.75) is 64.5 Å². The minimum absolute atomic E-state index is 0.0402. The average molecular weight is 519 g/mol. The van der Waals surface area contributed by atoms with Crippen molar-refractivity contribution in [2.24, 2.45) is 0 Å². The molecule has 0 spiro atoms. The third kappa shape index (κ3) is 7.84. The van der Waals surface area contributed by atoms with E-state index in [9.17, 15) is 9.59 Å². The molecule has 3 amide bonds. The lowest BCUT2D eigenvalue weighted by Gasteiger charge is -2.30. The number of hydrogen-bond acceptors (Lipinski definition) is 3. The average Bonchev–Trinajstić information content (AvgIpc) is 3.35. The number of aromatic amines is 1. The van der Waals surface area contributed by atoms with Crippen LogP contribution in [0.4, 0.5) is 4.79 Å². The summed E-state index contributed by atoms with van der Waals surface area (Å²) in [6.07, 6.45) is 9.00. The van der Waals surface area contributed by atoms with E-state index in [1.807, 2.05) is 23.2 Å². The zero-order valence-corrected chi connectivity index (χ0v) is 22.9. The van der Waals surface area contributed by atoms with E-state index >= 15 is 0 Å². The van der Waals surface area contributed by atoms with E-state index in [1.165, 1.54) is 22.9 Å². The quantitative estimate of drug-likeness (QED) is 0.314. The molecule has 2 N–H and O–H groups in total. The smallest absolute Gasteiger partial charge is 0.318 e. The van der Waals surface area contributed by atoms with Crippen molar-refractivity contribution in [3.63, 3.8) is 0 Å². The number of rotatable bonds is 12. The zero-order valence-electron chi connectivity index (χ0n) is 22.9. The predicted octanol–water partition coefficient (Wildman–Crippen LogP) is 5.43. The Balaban J connectivity index is 1.47. The van der Waals surface area contributed by atoms with E-state index in [2.05, 4.69) is 53.6 Å². The van der Waals surface area contributed by atoms with E-state index < -0.39 is 0 Å². The molecule has 0 radical (unpaired) electrons. The third-order valence-corrected chi connectivity index (χ3v) is 7.50. The van der Waals surface area contributed by atoms with Gasteiger partial charge in [-0.2, -0.15) is 0 Å². The number of nitrogens with one attached hydrogen (secondary N) is 2. The highest BCUT2D eigenvalue weighted by Gasteiger charge is 2.24. The van der Waals surface area contributed by atoms with Gasteiger partial charge in [-0.15, -0.1) is 0 Å². The molecule has 0 atom stereocenters. The van der Waals surface area contributed by atoms with Gasteiger partial charge in [0.1, 0.15) is 6.54 Å². The van der Waals surface area contributed by atoms with Gasteiger partial charge in [0.05, 0.1) is 0 Å². The summed E-state index contributed by atoms with van der Waals surface area (Å²) in [4.78, 5) is 33.9. The second-order valence-corrected chi connectivity index (χ2v) is 10.5. The first-order valence-corrected chi connectivity index (χ1v) is 14.0. The Kier molecular flexibility index (Phi) is 10.2. The number of hydrogen-bond donors (Lipinski definition) is 2. The summed E-state index contributed by atoms with van der Waals surface area (Å²) < 4.78 is 5.22. The molecule has 0 aliphatic heterocycles. The van der Waals surface area contributed by atoms with E-state index in [4.69, 9.17) is 4.74 Å². The van der Waals surface area contributed by atoms with Crippen molar-refractivity contribution in [2.75, 3.05) is 33.4 Å². The summed E-state index contributed by atoms with van der Waals surface area (Å²) in [6.45, 7) is 4.24. The number of carbonyl (C=O) groups excluding carboxylic acids is 2. The highest BCUT2D eigenvalue weighted by molar-refractivity contribution is 5.85. The molecular formula is C31H42N4O3. The molecule has 0 unspecified atom stereocenters. The Morgan fingerprint density at radius 2 is 1.76 bits per heavy atom. The van der Waals surface area contributed by atoms with E-state index in [0.717, 1.165) is 43.2 Å². The summed E-state index contributed by atoms with van der Waals surface area (Å²) in [5, 5.41) is 4.38. The number of para-hydroxylation sites is 1. The SMILES string of the molecule is COCCCN(CC(=O)N(CCc1c[nH]c2ccccc12)Cc1ccc(C)cc1)C(=O)NC1CCCCC1. The number of ether oxygens (including phenoxy) is 1. The van der Waals surface area contributed by atoms with Gasteiger partial charge in [0.25, 0.3) is 0 Å². The van der Waals surface area contributed by atoms with Crippen molar-refractivity contribution in [1.29, 1.82) is 0 Å². The predicted molar refractivity (Wildman–Crippen MR) is 152 cm³/mol. The first-order chi connectivity index (χ1) is 18.5. The molecular weight excluding hydrogens is 476 g/mol. The number of urea groups is 1. The highest BCUT2D eigenvalue weighted by atomic mass is 16.5. The lowest BCUT2D eigenvalue weighted by Crippen LogP contribution is -2.50. The van der Waals surface area contributed by atoms with Crippen LogP contribution < -0.4 is 5.32 Å². The van der Waals surface area contributed by atoms with Crippen LogP contribution in [0.5, 0.6) is 0 Å². The van der Waals surface area contributed by atoms with Crippen molar-refractivity contribution in [3.05, 3.63) is 71.4 Å². The summed E-state index contributed by atoms with van der Waals surface area (Å²) in [5.74, 6) is -0.0402. The number of H-pyrrole nitrogens is 1. The summed E-state index contributed by atoms with van der Waals surface area (Å²) in [5.41, 5.74) is 4.56. The van der Waals surface area contributed by atoms with Crippen LogP contribution in [0, 0.1) is 6.92 Å². The second kappa shape index (κ2) is 14.0. The maximum Gasteiger partial charge on any atom is 0.318 e. The Morgan fingerprint density at radius 1 is 1.00 bits per heavy atom. The minimum Gasteiger partial charge on any atom is -0.385 e. The fraction of sp³-hybridized carbons (Fsp3) is 0.484. The molecule has 7 nitrogen and oxygen atoms in total. The number of carbonyl (C=O) groups is 2. The number of methoxy groups -OCH3 is 1. The fourth-order valence-electron chi connectivity index (χ4n) is 5.23. The van der Waals surface area contributed by atoms with Gasteiger partial charge in [-0.1, -0.05) is 67.3 Å². The van der Waals surface area contributed by atoms with E-state index in [0.29, 0.717) is 32.7 Å². The molecule has 4 rings (SSSR count). The molecule has 1 aliphatic carbocycles. The van der Waals surface area contributed by atoms with Crippen molar-refractivity contribution >= 4 is 22.8 Å². The van der Waals surface area contributed by atoms with Crippen LogP contribution in [0.3, 0.4) is 0 Å². The number of aromatic nitrogens is 1. The molecule has 0 bridgehead atoms. The number of fused-ring (bicyclic) bond motifs is 1. The molecule has 3 aromatic rings. The Bertz CT molecular complexity index is 1170. The summed E-state index contributed by atoms with van der Waals surface area (Å²) in [7, 11) is 1.66. The van der Waals surface area contributed by atoms with Gasteiger partial charge in [-0.05, 0) is 49.8 Å². The van der Waals surface area contributed by atoms with E-state index in [-0.39, 0.29) is 24.5 Å². The maximum absolute atomic E-state index is 13.7. The summed E-state index contributed by atoms with van der Waals surface area (Å²) in [6, 6.07) is 16.6. The van der Waals surface area contributed by atoms with Crippen LogP contribution in [0.25, 0.3) is 10.9 Å². The van der Waals surface area contributed by atoms with Crippen molar-refractivity contribution < 1.29 is 14.3 Å². The van der Waals surface area contributed by atoms with Gasteiger partial charge < -0.3 is 24.8 Å². The second-order valence-electron chi connectivity index (χ2n) is 10.5. The van der Waals surface area contributed by atoms with Crippen LogP contribution in [0.1, 0.15) is 55.2 Å². The molecule has 7 heteroatoms. The summed E-state index contributed by atoms with van der Waals surface area (Å²) >= 11 is 0. The van der Waals surface area contributed by atoms with Gasteiger partial charge in [-0.25, -0.2) is 4.79 Å². The van der Waals surface area contributed by atoms with Crippen LogP contribution in [0.15, 0.2) is 54.7 Å². The first-order valence-electron chi connectivity index (χ1n) is 14.0. The Morgan fingerprint density at radius 3 is 2.53 bits per heavy atom. The standard InChI is InChI=1S/C31H42N4O3/c1-24-13-15-25(16-14-24)22-34(19-17-26-21-32-29-12-7-6-11-28(26)29)30(36)23-35(18-8-20-38-2)31(37)33-27-9-4-3-5-10-27/h6-7,11-16,21,27,32H,3-5,8-10,17-20,22-23H2,1-2H3,(H,33,37). The van der Waals surface area contributed by atoms with Crippen LogP contribution in [-0.4, -0.2) is 66.1 Å². The molecule has 1 saturated carbocycles. The van der Waals surface area contributed by atoms with E-state index in [1.54, 1.807) is 12.0 Å². The zero-order chi connectivity index (χ0) is 26.7. The number of benzene rings is 2. The molecule has 204 valence electrons. The normalized spacial score (nSPS) is 13.9. The van der Waals surface area contributed by atoms with Gasteiger partial charge >= 0.3 is 6.03 Å². The van der Waals surface area contributed by atoms with Gasteiger partial charge in [-0.3, -0.25) is 4.79 Å². The lowest BCUT2D eigenvalue weighted by atomic mass is 9.96. The lowest BCUT2D eigenvalue weighted by molar-refractivity contribution is -0.132. The van der Waals surface area contributed by atoms with Gasteiger partial charge in [0.2, 0.25) is 5.91 Å². The van der Waals surface area contributed by atoms with Crippen LogP contribution in [0.2, 0.25) is 0 Å². The molecule has 1 aliphatic rings. The van der Waals surface area contributed by atoms with Crippen LogP contribution >= 0.6 is 0 Å². The van der Waals surface area contributed by atoms with Crippen molar-refractivity contribution in [3.8, 4) is 0 Å². The molecule has 1 fully saturated rings. The monoisotopic (exact) mass is 518 g/mol. The molecule has 1 aromatic heterocycles. The number of amides is 3. The third-order valence-electron chi connectivity index (χ3n) is 7.50. The van der Waals surface area contributed by atoms with Gasteiger partial charge in [0, 0.05) is 56.5 Å². The topological polar surface area (TPSA) is 77.7 Å². The van der Waals surface area contributed by atoms with Crippen molar-refractivity contribution in [1.82, 2.24) is 20.1 Å². The highest BCUT2D eigenvalue weighted by Crippen LogP contribution is 2.20. The molecule has 38 heavy (non-hydrogen) atoms. The number of aryl methyl sites for hydroxylation is 1. The first kappa shape index (κ1) is 27.7. The molecule has 0 saturated heterocycles. The Hall–Kier alpha value is -3.32. The maximum atomic E-state index is 13.7.